The molecular formula is C10H14FN3S. The number of aromatic nitrogens is 2. The minimum atomic E-state index is -0.435. The first-order valence-electron chi connectivity index (χ1n) is 4.59. The molecule has 0 atom stereocenters. The molecular weight excluding hydrogens is 213 g/mol. The highest BCUT2D eigenvalue weighted by atomic mass is 32.2. The molecule has 0 amide bonds. The van der Waals surface area contributed by atoms with Crippen LogP contribution in [0, 0.1) is 5.82 Å². The van der Waals surface area contributed by atoms with Crippen LogP contribution in [0.2, 0.25) is 0 Å². The lowest BCUT2D eigenvalue weighted by Crippen LogP contribution is -2.07. The van der Waals surface area contributed by atoms with Gasteiger partial charge in [0.1, 0.15) is 0 Å². The van der Waals surface area contributed by atoms with Crippen LogP contribution in [-0.2, 0) is 0 Å². The molecule has 0 fully saturated rings. The Morgan fingerprint density at radius 3 is 2.33 bits per heavy atom. The summed E-state index contributed by atoms with van der Waals surface area (Å²) >= 11 is 1.45. The van der Waals surface area contributed by atoms with Crippen LogP contribution < -0.4 is 0 Å². The molecule has 0 N–H and O–H groups in total. The van der Waals surface area contributed by atoms with Crippen LogP contribution >= 0.6 is 11.9 Å². The zero-order chi connectivity index (χ0) is 11.5. The van der Waals surface area contributed by atoms with Gasteiger partial charge in [-0.15, -0.1) is 0 Å². The molecule has 3 nitrogen and oxygen atoms in total. The fourth-order valence-corrected chi connectivity index (χ4v) is 1.24. The first-order chi connectivity index (χ1) is 6.88. The third kappa shape index (κ3) is 4.38. The molecule has 1 rings (SSSR count). The molecule has 1 heterocycles. The molecule has 0 aliphatic rings. The van der Waals surface area contributed by atoms with E-state index in [-0.39, 0.29) is 4.75 Å². The van der Waals surface area contributed by atoms with E-state index in [0.29, 0.717) is 11.5 Å². The lowest BCUT2D eigenvalue weighted by atomic mass is 10.3. The lowest BCUT2D eigenvalue weighted by Gasteiger charge is -2.13. The number of nitrogens with zero attached hydrogens (tertiary/aromatic N) is 3. The van der Waals surface area contributed by atoms with Crippen LogP contribution in [0.4, 0.5) is 4.39 Å². The molecule has 0 radical (unpaired) electrons. The highest BCUT2D eigenvalue weighted by Gasteiger charge is 2.11. The standard InChI is InChI=1S/C10H14FN3S/c1-7(14-15-10(2,3)4)9-12-5-8(11)6-13-9/h5-6H,1-4H3/b14-7+. The van der Waals surface area contributed by atoms with Crippen molar-refractivity contribution in [2.45, 2.75) is 32.4 Å². The Bertz CT molecular complexity index is 354. The Kier molecular flexibility index (Phi) is 3.79. The largest absolute Gasteiger partial charge is 0.232 e. The molecule has 1 aromatic rings. The quantitative estimate of drug-likeness (QED) is 0.576. The number of halogens is 1. The van der Waals surface area contributed by atoms with Crippen molar-refractivity contribution in [2.24, 2.45) is 4.40 Å². The van der Waals surface area contributed by atoms with Crippen molar-refractivity contribution in [1.82, 2.24) is 9.97 Å². The van der Waals surface area contributed by atoms with Gasteiger partial charge in [0.05, 0.1) is 18.1 Å². The molecule has 0 saturated heterocycles. The zero-order valence-corrected chi connectivity index (χ0v) is 10.1. The fraction of sp³-hybridized carbons (Fsp3) is 0.500. The molecule has 15 heavy (non-hydrogen) atoms. The van der Waals surface area contributed by atoms with Gasteiger partial charge < -0.3 is 0 Å². The van der Waals surface area contributed by atoms with Crippen LogP contribution in [0.15, 0.2) is 16.8 Å². The fourth-order valence-electron chi connectivity index (χ4n) is 0.745. The summed E-state index contributed by atoms with van der Waals surface area (Å²) in [6, 6.07) is 0. The second-order valence-electron chi connectivity index (χ2n) is 4.11. The summed E-state index contributed by atoms with van der Waals surface area (Å²) in [4.78, 5) is 7.70. The van der Waals surface area contributed by atoms with E-state index in [1.165, 1.54) is 11.9 Å². The summed E-state index contributed by atoms with van der Waals surface area (Å²) in [6.45, 7) is 8.02. The van der Waals surface area contributed by atoms with Crippen molar-refractivity contribution in [3.05, 3.63) is 24.0 Å². The van der Waals surface area contributed by atoms with Gasteiger partial charge in [-0.05, 0) is 39.6 Å². The molecule has 0 aromatic carbocycles. The molecule has 0 spiro atoms. The Morgan fingerprint density at radius 2 is 1.87 bits per heavy atom. The van der Waals surface area contributed by atoms with E-state index in [0.717, 1.165) is 12.4 Å². The zero-order valence-electron chi connectivity index (χ0n) is 9.28. The predicted molar refractivity (Wildman–Crippen MR) is 61.5 cm³/mol. The van der Waals surface area contributed by atoms with Gasteiger partial charge in [-0.25, -0.2) is 18.8 Å². The Morgan fingerprint density at radius 1 is 1.33 bits per heavy atom. The smallest absolute Gasteiger partial charge is 0.174 e. The molecule has 1 aromatic heterocycles. The van der Waals surface area contributed by atoms with Gasteiger partial charge in [-0.3, -0.25) is 0 Å². The molecule has 5 heteroatoms. The summed E-state index contributed by atoms with van der Waals surface area (Å²) in [5.41, 5.74) is 0.704. The summed E-state index contributed by atoms with van der Waals surface area (Å²) in [6.07, 6.45) is 2.28. The molecule has 0 bridgehead atoms. The Balaban J connectivity index is 2.76. The maximum absolute atomic E-state index is 12.6. The minimum Gasteiger partial charge on any atom is -0.232 e. The summed E-state index contributed by atoms with van der Waals surface area (Å²) in [7, 11) is 0. The molecule has 0 unspecified atom stereocenters. The van der Waals surface area contributed by atoms with Gasteiger partial charge in [0.15, 0.2) is 11.6 Å². The Hall–Kier alpha value is -0.970. The van der Waals surface area contributed by atoms with E-state index in [1.54, 1.807) is 0 Å². The number of hydrogen-bond donors (Lipinski definition) is 0. The monoisotopic (exact) mass is 227 g/mol. The second-order valence-corrected chi connectivity index (χ2v) is 5.70. The average molecular weight is 227 g/mol. The lowest BCUT2D eigenvalue weighted by molar-refractivity contribution is 0.612. The molecule has 0 aliphatic heterocycles. The summed E-state index contributed by atoms with van der Waals surface area (Å²) in [5.74, 6) is 0.0307. The van der Waals surface area contributed by atoms with Crippen molar-refractivity contribution in [3.63, 3.8) is 0 Å². The van der Waals surface area contributed by atoms with Crippen molar-refractivity contribution >= 4 is 17.7 Å². The highest BCUT2D eigenvalue weighted by molar-refractivity contribution is 7.99. The van der Waals surface area contributed by atoms with Crippen LogP contribution in [0.25, 0.3) is 0 Å². The van der Waals surface area contributed by atoms with Crippen molar-refractivity contribution < 1.29 is 4.39 Å². The van der Waals surface area contributed by atoms with Gasteiger partial charge in [-0.2, -0.15) is 0 Å². The predicted octanol–water partition coefficient (Wildman–Crippen LogP) is 2.87. The topological polar surface area (TPSA) is 38.1 Å². The van der Waals surface area contributed by atoms with Gasteiger partial charge in [0, 0.05) is 4.75 Å². The first-order valence-corrected chi connectivity index (χ1v) is 5.36. The summed E-state index contributed by atoms with van der Waals surface area (Å²) < 4.78 is 16.9. The van der Waals surface area contributed by atoms with Crippen molar-refractivity contribution in [3.8, 4) is 0 Å². The highest BCUT2D eigenvalue weighted by Crippen LogP contribution is 2.24. The maximum Gasteiger partial charge on any atom is 0.174 e. The van der Waals surface area contributed by atoms with E-state index in [2.05, 4.69) is 35.1 Å². The minimum absolute atomic E-state index is 0.0568. The normalized spacial score (nSPS) is 13.0. The Labute approximate surface area is 93.4 Å². The second kappa shape index (κ2) is 4.70. The van der Waals surface area contributed by atoms with Crippen LogP contribution in [0.3, 0.4) is 0 Å². The third-order valence-corrected chi connectivity index (χ3v) is 2.31. The SMILES string of the molecule is C/C(=N\SC(C)(C)C)c1ncc(F)cn1. The van der Waals surface area contributed by atoms with Gasteiger partial charge >= 0.3 is 0 Å². The van der Waals surface area contributed by atoms with Crippen molar-refractivity contribution in [2.75, 3.05) is 0 Å². The van der Waals surface area contributed by atoms with E-state index >= 15 is 0 Å². The van der Waals surface area contributed by atoms with Gasteiger partial charge in [0.2, 0.25) is 0 Å². The average Bonchev–Trinajstić information content (AvgIpc) is 2.14. The molecule has 0 aliphatic carbocycles. The number of rotatable bonds is 2. The molecule has 82 valence electrons. The van der Waals surface area contributed by atoms with Crippen molar-refractivity contribution in [1.29, 1.82) is 0 Å². The van der Waals surface area contributed by atoms with E-state index in [1.807, 2.05) is 6.92 Å². The van der Waals surface area contributed by atoms with Crippen LogP contribution in [0.1, 0.15) is 33.5 Å². The molecule has 0 saturated carbocycles. The van der Waals surface area contributed by atoms with E-state index in [4.69, 9.17) is 0 Å². The first kappa shape index (κ1) is 12.1. The third-order valence-electron chi connectivity index (χ3n) is 1.40. The van der Waals surface area contributed by atoms with E-state index in [9.17, 15) is 4.39 Å². The maximum atomic E-state index is 12.6. The number of hydrogen-bond acceptors (Lipinski definition) is 4. The summed E-state index contributed by atoms with van der Waals surface area (Å²) in [5, 5.41) is 0. The van der Waals surface area contributed by atoms with Crippen LogP contribution in [-0.4, -0.2) is 20.4 Å². The van der Waals surface area contributed by atoms with E-state index < -0.39 is 5.82 Å². The van der Waals surface area contributed by atoms with Gasteiger partial charge in [0.25, 0.3) is 0 Å². The van der Waals surface area contributed by atoms with Gasteiger partial charge in [-0.1, -0.05) is 0 Å². The van der Waals surface area contributed by atoms with Crippen LogP contribution in [0.5, 0.6) is 0 Å².